The summed E-state index contributed by atoms with van der Waals surface area (Å²) in [6.07, 6.45) is 5.89. The van der Waals surface area contributed by atoms with E-state index in [1.807, 2.05) is 19.2 Å². The summed E-state index contributed by atoms with van der Waals surface area (Å²) < 4.78 is 1.74. The van der Waals surface area contributed by atoms with E-state index in [0.717, 1.165) is 19.3 Å². The van der Waals surface area contributed by atoms with Gasteiger partial charge in [-0.1, -0.05) is 0 Å². The van der Waals surface area contributed by atoms with E-state index >= 15 is 0 Å². The van der Waals surface area contributed by atoms with Crippen molar-refractivity contribution in [1.82, 2.24) is 20.4 Å². The Balaban J connectivity index is 1.80. The zero-order valence-corrected chi connectivity index (χ0v) is 11.5. The first-order valence-electron chi connectivity index (χ1n) is 6.77. The van der Waals surface area contributed by atoms with Crippen LogP contribution in [0.1, 0.15) is 32.6 Å². The molecule has 1 atom stereocenters. The number of nitrogens with one attached hydrogen (secondary N) is 2. The third kappa shape index (κ3) is 3.72. The van der Waals surface area contributed by atoms with Gasteiger partial charge in [0.05, 0.1) is 18.5 Å². The Morgan fingerprint density at radius 1 is 1.50 bits per heavy atom. The van der Waals surface area contributed by atoms with Crippen LogP contribution in [0.5, 0.6) is 0 Å². The molecule has 0 saturated heterocycles. The van der Waals surface area contributed by atoms with Gasteiger partial charge in [-0.3, -0.25) is 9.48 Å². The average Bonchev–Trinajstić information content (AvgIpc) is 2.77. The highest BCUT2D eigenvalue weighted by atomic mass is 16.4. The number of hydrogen-bond donors (Lipinski definition) is 3. The molecule has 1 heterocycles. The van der Waals surface area contributed by atoms with Gasteiger partial charge in [0, 0.05) is 18.4 Å². The van der Waals surface area contributed by atoms with E-state index < -0.39 is 11.5 Å². The molecule has 0 aliphatic heterocycles. The maximum atomic E-state index is 11.9. The van der Waals surface area contributed by atoms with Gasteiger partial charge in [-0.15, -0.1) is 0 Å². The van der Waals surface area contributed by atoms with Gasteiger partial charge in [0.2, 0.25) is 0 Å². The Morgan fingerprint density at radius 3 is 2.75 bits per heavy atom. The van der Waals surface area contributed by atoms with Gasteiger partial charge >= 0.3 is 12.0 Å². The molecule has 7 heteroatoms. The highest BCUT2D eigenvalue weighted by molar-refractivity contribution is 5.77. The lowest BCUT2D eigenvalue weighted by molar-refractivity contribution is -0.139. The minimum Gasteiger partial charge on any atom is -0.481 e. The molecule has 1 saturated carbocycles. The van der Waals surface area contributed by atoms with Crippen molar-refractivity contribution in [3.63, 3.8) is 0 Å². The van der Waals surface area contributed by atoms with E-state index in [1.165, 1.54) is 0 Å². The van der Waals surface area contributed by atoms with Crippen LogP contribution in [0.3, 0.4) is 0 Å². The standard InChI is InChI=1S/C13H20N4O3/c1-10(9-17-7-3-6-14-17)15-12(20)16-13(4-2-5-13)8-11(18)19/h3,6-7,10H,2,4-5,8-9H2,1H3,(H,18,19)(H2,15,16,20). The lowest BCUT2D eigenvalue weighted by atomic mass is 9.74. The summed E-state index contributed by atoms with van der Waals surface area (Å²) in [6, 6.07) is 1.42. The zero-order chi connectivity index (χ0) is 14.6. The fraction of sp³-hybridized carbons (Fsp3) is 0.615. The molecular formula is C13H20N4O3. The Hall–Kier alpha value is -2.05. The van der Waals surface area contributed by atoms with Gasteiger partial charge in [0.25, 0.3) is 0 Å². The van der Waals surface area contributed by atoms with E-state index in [-0.39, 0.29) is 18.5 Å². The van der Waals surface area contributed by atoms with E-state index in [2.05, 4.69) is 15.7 Å². The minimum absolute atomic E-state index is 0.0199. The van der Waals surface area contributed by atoms with Crippen LogP contribution in [0.2, 0.25) is 0 Å². The van der Waals surface area contributed by atoms with Crippen molar-refractivity contribution in [2.24, 2.45) is 0 Å². The molecule has 7 nitrogen and oxygen atoms in total. The summed E-state index contributed by atoms with van der Waals surface area (Å²) in [5.74, 6) is -0.880. The zero-order valence-electron chi connectivity index (χ0n) is 11.5. The predicted octanol–water partition coefficient (Wildman–Crippen LogP) is 0.968. The average molecular weight is 280 g/mol. The summed E-state index contributed by atoms with van der Waals surface area (Å²) in [5.41, 5.74) is -0.568. The van der Waals surface area contributed by atoms with E-state index in [1.54, 1.807) is 10.9 Å². The molecule has 3 N–H and O–H groups in total. The van der Waals surface area contributed by atoms with Crippen LogP contribution in [0.4, 0.5) is 4.79 Å². The molecular weight excluding hydrogens is 260 g/mol. The van der Waals surface area contributed by atoms with Gasteiger partial charge in [-0.2, -0.15) is 5.10 Å². The van der Waals surface area contributed by atoms with Crippen molar-refractivity contribution in [2.75, 3.05) is 0 Å². The Kier molecular flexibility index (Phi) is 4.26. The summed E-state index contributed by atoms with van der Waals surface area (Å²) in [4.78, 5) is 22.8. The van der Waals surface area contributed by atoms with Crippen LogP contribution in [-0.2, 0) is 11.3 Å². The lowest BCUT2D eigenvalue weighted by Crippen LogP contribution is -2.58. The van der Waals surface area contributed by atoms with Crippen molar-refractivity contribution in [1.29, 1.82) is 0 Å². The molecule has 0 spiro atoms. The van der Waals surface area contributed by atoms with Crippen molar-refractivity contribution in [2.45, 2.75) is 50.7 Å². The summed E-state index contributed by atoms with van der Waals surface area (Å²) in [5, 5.41) is 18.6. The van der Waals surface area contributed by atoms with Crippen LogP contribution in [-0.4, -0.2) is 38.5 Å². The number of nitrogens with zero attached hydrogens (tertiary/aromatic N) is 2. The second kappa shape index (κ2) is 5.94. The molecule has 1 unspecified atom stereocenters. The summed E-state index contributed by atoms with van der Waals surface area (Å²) >= 11 is 0. The number of urea groups is 1. The van der Waals surface area contributed by atoms with E-state index in [9.17, 15) is 9.59 Å². The Bertz CT molecular complexity index is 468. The maximum Gasteiger partial charge on any atom is 0.315 e. The molecule has 2 rings (SSSR count). The van der Waals surface area contributed by atoms with Crippen LogP contribution < -0.4 is 10.6 Å². The van der Waals surface area contributed by atoms with Crippen LogP contribution in [0.15, 0.2) is 18.5 Å². The number of carboxylic acids is 1. The lowest BCUT2D eigenvalue weighted by Gasteiger charge is -2.41. The number of aromatic nitrogens is 2. The molecule has 0 aromatic carbocycles. The van der Waals surface area contributed by atoms with Gasteiger partial charge in [-0.05, 0) is 32.3 Å². The van der Waals surface area contributed by atoms with Gasteiger partial charge < -0.3 is 15.7 Å². The summed E-state index contributed by atoms with van der Waals surface area (Å²) in [7, 11) is 0. The number of carbonyl (C=O) groups is 2. The maximum absolute atomic E-state index is 11.9. The third-order valence-corrected chi connectivity index (χ3v) is 3.58. The summed E-state index contributed by atoms with van der Waals surface area (Å²) in [6.45, 7) is 2.46. The molecule has 0 radical (unpaired) electrons. The number of aliphatic carboxylic acids is 1. The largest absolute Gasteiger partial charge is 0.481 e. The fourth-order valence-electron chi connectivity index (χ4n) is 2.47. The fourth-order valence-corrected chi connectivity index (χ4v) is 2.47. The monoisotopic (exact) mass is 280 g/mol. The quantitative estimate of drug-likeness (QED) is 0.723. The molecule has 110 valence electrons. The first-order chi connectivity index (χ1) is 9.49. The first-order valence-corrected chi connectivity index (χ1v) is 6.77. The topological polar surface area (TPSA) is 96.3 Å². The van der Waals surface area contributed by atoms with Gasteiger partial charge in [0.1, 0.15) is 0 Å². The molecule has 1 aliphatic rings. The molecule has 1 aromatic heterocycles. The number of amides is 2. The molecule has 20 heavy (non-hydrogen) atoms. The van der Waals surface area contributed by atoms with Crippen molar-refractivity contribution < 1.29 is 14.7 Å². The van der Waals surface area contributed by atoms with Crippen LogP contribution in [0.25, 0.3) is 0 Å². The second-order valence-electron chi connectivity index (χ2n) is 5.43. The van der Waals surface area contributed by atoms with Crippen molar-refractivity contribution in [3.8, 4) is 0 Å². The third-order valence-electron chi connectivity index (χ3n) is 3.58. The number of hydrogen-bond acceptors (Lipinski definition) is 3. The molecule has 1 aliphatic carbocycles. The van der Waals surface area contributed by atoms with Crippen LogP contribution in [0, 0.1) is 0 Å². The van der Waals surface area contributed by atoms with Crippen molar-refractivity contribution >= 4 is 12.0 Å². The normalized spacial score (nSPS) is 17.9. The second-order valence-corrected chi connectivity index (χ2v) is 5.43. The number of rotatable bonds is 6. The first kappa shape index (κ1) is 14.4. The van der Waals surface area contributed by atoms with Crippen LogP contribution >= 0.6 is 0 Å². The van der Waals surface area contributed by atoms with Gasteiger partial charge in [-0.25, -0.2) is 4.79 Å². The number of carbonyl (C=O) groups excluding carboxylic acids is 1. The highest BCUT2D eigenvalue weighted by Crippen LogP contribution is 2.34. The predicted molar refractivity (Wildman–Crippen MR) is 72.2 cm³/mol. The van der Waals surface area contributed by atoms with E-state index in [0.29, 0.717) is 6.54 Å². The Morgan fingerprint density at radius 2 is 2.25 bits per heavy atom. The minimum atomic E-state index is -0.880. The van der Waals surface area contributed by atoms with E-state index in [4.69, 9.17) is 5.11 Å². The molecule has 0 bridgehead atoms. The SMILES string of the molecule is CC(Cn1cccn1)NC(=O)NC1(CC(=O)O)CCC1. The smallest absolute Gasteiger partial charge is 0.315 e. The van der Waals surface area contributed by atoms with Gasteiger partial charge in [0.15, 0.2) is 0 Å². The Labute approximate surface area is 117 Å². The number of carboxylic acid groups (broad SMARTS) is 1. The van der Waals surface area contributed by atoms with Crippen molar-refractivity contribution in [3.05, 3.63) is 18.5 Å². The molecule has 1 aromatic rings. The highest BCUT2D eigenvalue weighted by Gasteiger charge is 2.40. The molecule has 1 fully saturated rings. The molecule has 2 amide bonds.